The van der Waals surface area contributed by atoms with Crippen molar-refractivity contribution in [3.05, 3.63) is 0 Å². The summed E-state index contributed by atoms with van der Waals surface area (Å²) in [5.41, 5.74) is 0. The van der Waals surface area contributed by atoms with Gasteiger partial charge in [-0.1, -0.05) is 13.3 Å². The molecule has 0 aliphatic carbocycles. The number of hydrogen-bond donors (Lipinski definition) is 3. The molecule has 1 heterocycles. The minimum atomic E-state index is -1.08. The average molecular weight is 190 g/mol. The highest BCUT2D eigenvalue weighted by atomic mass is 16.5. The van der Waals surface area contributed by atoms with E-state index in [0.717, 1.165) is 6.42 Å². The van der Waals surface area contributed by atoms with Crippen LogP contribution in [0.4, 0.5) is 0 Å². The van der Waals surface area contributed by atoms with E-state index in [2.05, 4.69) is 0 Å². The van der Waals surface area contributed by atoms with Crippen molar-refractivity contribution in [2.75, 3.05) is 0 Å². The molecule has 0 radical (unpaired) electrons. The van der Waals surface area contributed by atoms with Gasteiger partial charge in [0.05, 0.1) is 12.2 Å². The van der Waals surface area contributed by atoms with E-state index in [1.54, 1.807) is 6.92 Å². The smallest absolute Gasteiger partial charge is 0.111 e. The molecular formula is C9H18O4. The van der Waals surface area contributed by atoms with Crippen LogP contribution in [0.1, 0.15) is 26.7 Å². The van der Waals surface area contributed by atoms with Crippen LogP contribution in [0.2, 0.25) is 0 Å². The molecule has 5 atom stereocenters. The minimum Gasteiger partial charge on any atom is -0.388 e. The maximum Gasteiger partial charge on any atom is 0.111 e. The van der Waals surface area contributed by atoms with Gasteiger partial charge < -0.3 is 20.1 Å². The third kappa shape index (κ3) is 2.20. The van der Waals surface area contributed by atoms with Gasteiger partial charge in [0.25, 0.3) is 0 Å². The molecule has 1 rings (SSSR count). The summed E-state index contributed by atoms with van der Waals surface area (Å²) >= 11 is 0. The fourth-order valence-electron chi connectivity index (χ4n) is 1.66. The largest absolute Gasteiger partial charge is 0.388 e. The van der Waals surface area contributed by atoms with Crippen LogP contribution in [-0.4, -0.2) is 45.8 Å². The number of rotatable bonds is 2. The summed E-state index contributed by atoms with van der Waals surface area (Å²) in [4.78, 5) is 0. The molecule has 0 saturated carbocycles. The quantitative estimate of drug-likeness (QED) is 0.557. The highest BCUT2D eigenvalue weighted by Crippen LogP contribution is 2.23. The van der Waals surface area contributed by atoms with E-state index >= 15 is 0 Å². The number of aliphatic hydroxyl groups is 3. The average Bonchev–Trinajstić information content (AvgIpc) is 2.11. The lowest BCUT2D eigenvalue weighted by molar-refractivity contribution is -0.218. The van der Waals surface area contributed by atoms with Gasteiger partial charge >= 0.3 is 0 Å². The van der Waals surface area contributed by atoms with Gasteiger partial charge in [-0.3, -0.25) is 0 Å². The molecule has 0 aromatic carbocycles. The van der Waals surface area contributed by atoms with Crippen molar-refractivity contribution in [1.82, 2.24) is 0 Å². The first kappa shape index (κ1) is 10.9. The van der Waals surface area contributed by atoms with E-state index in [4.69, 9.17) is 4.74 Å². The second kappa shape index (κ2) is 4.37. The maximum atomic E-state index is 9.52. The van der Waals surface area contributed by atoms with Crippen LogP contribution in [0.3, 0.4) is 0 Å². The van der Waals surface area contributed by atoms with E-state index in [-0.39, 0.29) is 6.10 Å². The molecule has 78 valence electrons. The monoisotopic (exact) mass is 190 g/mol. The molecule has 0 aromatic rings. The second-order valence-corrected chi connectivity index (χ2v) is 3.64. The van der Waals surface area contributed by atoms with E-state index in [1.807, 2.05) is 6.92 Å². The van der Waals surface area contributed by atoms with Crippen molar-refractivity contribution < 1.29 is 20.1 Å². The van der Waals surface area contributed by atoms with Crippen LogP contribution in [0.5, 0.6) is 0 Å². The zero-order chi connectivity index (χ0) is 10.0. The van der Waals surface area contributed by atoms with Crippen LogP contribution in [-0.2, 0) is 4.74 Å². The Hall–Kier alpha value is -0.160. The summed E-state index contributed by atoms with van der Waals surface area (Å²) in [5.74, 6) is 0. The fraction of sp³-hybridized carbons (Fsp3) is 1.00. The highest BCUT2D eigenvalue weighted by molar-refractivity contribution is 4.90. The lowest BCUT2D eigenvalue weighted by atomic mass is 9.93. The Morgan fingerprint density at radius 2 is 1.69 bits per heavy atom. The molecule has 1 saturated heterocycles. The third-order valence-electron chi connectivity index (χ3n) is 2.52. The van der Waals surface area contributed by atoms with Crippen molar-refractivity contribution in [2.24, 2.45) is 0 Å². The molecule has 2 unspecified atom stereocenters. The van der Waals surface area contributed by atoms with Crippen molar-refractivity contribution in [3.63, 3.8) is 0 Å². The molecule has 13 heavy (non-hydrogen) atoms. The van der Waals surface area contributed by atoms with E-state index in [0.29, 0.717) is 6.42 Å². The van der Waals surface area contributed by atoms with Gasteiger partial charge in [-0.25, -0.2) is 0 Å². The van der Waals surface area contributed by atoms with Gasteiger partial charge in [-0.15, -0.1) is 0 Å². The molecule has 1 aliphatic rings. The molecule has 1 fully saturated rings. The lowest BCUT2D eigenvalue weighted by Crippen LogP contribution is -2.56. The summed E-state index contributed by atoms with van der Waals surface area (Å²) in [6.07, 6.45) is -2.20. The molecule has 1 aliphatic heterocycles. The standard InChI is InChI=1S/C9H18O4/c1-3-4-6-8(11)9(12)7(10)5(2)13-6/h5-12H,3-4H2,1-2H3/t5-,6?,7?,8-,9+/m0/s1. The Morgan fingerprint density at radius 1 is 1.08 bits per heavy atom. The van der Waals surface area contributed by atoms with E-state index in [1.165, 1.54) is 0 Å². The number of hydrogen-bond acceptors (Lipinski definition) is 4. The summed E-state index contributed by atoms with van der Waals surface area (Å²) in [6, 6.07) is 0. The first-order valence-electron chi connectivity index (χ1n) is 4.77. The molecule has 0 aromatic heterocycles. The SMILES string of the molecule is CCCC1O[C@@H](C)C(O)[C@@H](O)[C@H]1O. The minimum absolute atomic E-state index is 0.349. The van der Waals surface area contributed by atoms with Crippen molar-refractivity contribution in [2.45, 2.75) is 57.2 Å². The molecule has 3 N–H and O–H groups in total. The van der Waals surface area contributed by atoms with Crippen molar-refractivity contribution in [3.8, 4) is 0 Å². The van der Waals surface area contributed by atoms with Crippen LogP contribution in [0.25, 0.3) is 0 Å². The zero-order valence-electron chi connectivity index (χ0n) is 8.05. The predicted molar refractivity (Wildman–Crippen MR) is 47.3 cm³/mol. The molecule has 0 amide bonds. The van der Waals surface area contributed by atoms with Gasteiger partial charge in [0.2, 0.25) is 0 Å². The first-order valence-corrected chi connectivity index (χ1v) is 4.77. The Balaban J connectivity index is 2.59. The van der Waals surface area contributed by atoms with E-state index in [9.17, 15) is 15.3 Å². The maximum absolute atomic E-state index is 9.52. The number of ether oxygens (including phenoxy) is 1. The fourth-order valence-corrected chi connectivity index (χ4v) is 1.66. The molecule has 0 spiro atoms. The summed E-state index contributed by atoms with van der Waals surface area (Å²) < 4.78 is 5.36. The van der Waals surface area contributed by atoms with Gasteiger partial charge in [0.15, 0.2) is 0 Å². The van der Waals surface area contributed by atoms with Crippen LogP contribution in [0.15, 0.2) is 0 Å². The van der Waals surface area contributed by atoms with Gasteiger partial charge in [-0.2, -0.15) is 0 Å². The second-order valence-electron chi connectivity index (χ2n) is 3.64. The predicted octanol–water partition coefficient (Wildman–Crippen LogP) is -0.344. The number of aliphatic hydroxyl groups excluding tert-OH is 3. The topological polar surface area (TPSA) is 69.9 Å². The van der Waals surface area contributed by atoms with Gasteiger partial charge in [0.1, 0.15) is 18.3 Å². The molecular weight excluding hydrogens is 172 g/mol. The normalized spacial score (nSPS) is 46.4. The zero-order valence-corrected chi connectivity index (χ0v) is 8.05. The van der Waals surface area contributed by atoms with E-state index < -0.39 is 24.4 Å². The Morgan fingerprint density at radius 3 is 2.23 bits per heavy atom. The van der Waals surface area contributed by atoms with Gasteiger partial charge in [0, 0.05) is 0 Å². The summed E-state index contributed by atoms with van der Waals surface area (Å²) in [5, 5.41) is 28.3. The first-order chi connectivity index (χ1) is 6.07. The van der Waals surface area contributed by atoms with Crippen LogP contribution >= 0.6 is 0 Å². The molecule has 4 nitrogen and oxygen atoms in total. The van der Waals surface area contributed by atoms with Crippen LogP contribution in [0, 0.1) is 0 Å². The Labute approximate surface area is 78.1 Å². The Bertz CT molecular complexity index is 162. The summed E-state index contributed by atoms with van der Waals surface area (Å²) in [6.45, 7) is 3.68. The Kier molecular flexibility index (Phi) is 3.67. The highest BCUT2D eigenvalue weighted by Gasteiger charge is 2.40. The summed E-state index contributed by atoms with van der Waals surface area (Å²) in [7, 11) is 0. The molecule has 4 heteroatoms. The lowest BCUT2D eigenvalue weighted by Gasteiger charge is -2.39. The van der Waals surface area contributed by atoms with Crippen LogP contribution < -0.4 is 0 Å². The molecule has 0 bridgehead atoms. The van der Waals surface area contributed by atoms with Gasteiger partial charge in [-0.05, 0) is 13.3 Å². The van der Waals surface area contributed by atoms with Crippen molar-refractivity contribution in [1.29, 1.82) is 0 Å². The third-order valence-corrected chi connectivity index (χ3v) is 2.52. The van der Waals surface area contributed by atoms with Crippen molar-refractivity contribution >= 4 is 0 Å².